The Balaban J connectivity index is 3.04. The summed E-state index contributed by atoms with van der Waals surface area (Å²) in [7, 11) is 3.34. The maximum Gasteiger partial charge on any atom is 0.134 e. The first-order valence-corrected chi connectivity index (χ1v) is 5.62. The highest BCUT2D eigenvalue weighted by atomic mass is 79.9. The Morgan fingerprint density at radius 1 is 1.60 bits per heavy atom. The monoisotopic (exact) mass is 293 g/mol. The van der Waals surface area contributed by atoms with Crippen molar-refractivity contribution >= 4 is 27.5 Å². The number of benzene rings is 1. The minimum Gasteiger partial charge on any atom is -0.496 e. The third kappa shape index (κ3) is 3.08. The van der Waals surface area contributed by atoms with E-state index in [0.29, 0.717) is 22.9 Å². The maximum atomic E-state index is 9.78. The van der Waals surface area contributed by atoms with Crippen LogP contribution in [-0.2, 0) is 0 Å². The summed E-state index contributed by atoms with van der Waals surface area (Å²) in [5, 5.41) is 13.2. The van der Waals surface area contributed by atoms with Gasteiger partial charge in [-0.05, 0) is 29.0 Å². The Bertz CT molecular complexity index is 346. The van der Waals surface area contributed by atoms with Crippen molar-refractivity contribution in [2.24, 2.45) is 0 Å². The van der Waals surface area contributed by atoms with Crippen molar-refractivity contribution in [3.05, 3.63) is 27.2 Å². The predicted octanol–water partition coefficient (Wildman–Crippen LogP) is 2.36. The molecule has 0 fully saturated rings. The predicted molar refractivity (Wildman–Crippen MR) is 64.6 cm³/mol. The lowest BCUT2D eigenvalue weighted by Gasteiger charge is -2.14. The topological polar surface area (TPSA) is 41.5 Å². The SMILES string of the molecule is CNCC(O)c1cc(Br)c(OC)cc1Cl. The summed E-state index contributed by atoms with van der Waals surface area (Å²) in [6, 6.07) is 3.45. The molecule has 15 heavy (non-hydrogen) atoms. The molecule has 0 heterocycles. The Morgan fingerprint density at radius 3 is 2.80 bits per heavy atom. The molecule has 0 spiro atoms. The van der Waals surface area contributed by atoms with Gasteiger partial charge in [-0.1, -0.05) is 11.6 Å². The second kappa shape index (κ2) is 5.70. The molecule has 0 radical (unpaired) electrons. The molecule has 0 saturated carbocycles. The lowest BCUT2D eigenvalue weighted by atomic mass is 10.1. The summed E-state index contributed by atoms with van der Waals surface area (Å²) in [6.07, 6.45) is -0.621. The van der Waals surface area contributed by atoms with Gasteiger partial charge in [0.15, 0.2) is 0 Å². The minimum atomic E-state index is -0.621. The molecule has 3 nitrogen and oxygen atoms in total. The maximum absolute atomic E-state index is 9.78. The summed E-state index contributed by atoms with van der Waals surface area (Å²) in [6.45, 7) is 0.457. The van der Waals surface area contributed by atoms with Crippen LogP contribution in [0.1, 0.15) is 11.7 Å². The van der Waals surface area contributed by atoms with Crippen LogP contribution in [-0.4, -0.2) is 25.8 Å². The molecule has 0 aromatic heterocycles. The van der Waals surface area contributed by atoms with Gasteiger partial charge in [0, 0.05) is 18.2 Å². The normalized spacial score (nSPS) is 12.6. The molecule has 0 bridgehead atoms. The van der Waals surface area contributed by atoms with Crippen molar-refractivity contribution in [1.82, 2.24) is 5.32 Å². The van der Waals surface area contributed by atoms with Gasteiger partial charge in [0.2, 0.25) is 0 Å². The number of ether oxygens (including phenoxy) is 1. The average Bonchev–Trinajstić information content (AvgIpc) is 2.21. The summed E-state index contributed by atoms with van der Waals surface area (Å²) < 4.78 is 5.87. The fourth-order valence-corrected chi connectivity index (χ4v) is 2.06. The molecule has 0 aliphatic heterocycles. The van der Waals surface area contributed by atoms with E-state index in [2.05, 4.69) is 21.2 Å². The second-order valence-corrected chi connectivity index (χ2v) is 4.34. The number of hydrogen-bond donors (Lipinski definition) is 2. The first-order chi connectivity index (χ1) is 7.10. The first-order valence-electron chi connectivity index (χ1n) is 4.45. The number of nitrogens with one attached hydrogen (secondary N) is 1. The van der Waals surface area contributed by atoms with E-state index in [-0.39, 0.29) is 0 Å². The Kier molecular flexibility index (Phi) is 4.86. The lowest BCUT2D eigenvalue weighted by molar-refractivity contribution is 0.177. The van der Waals surface area contributed by atoms with Gasteiger partial charge in [-0.25, -0.2) is 0 Å². The molecule has 0 aliphatic carbocycles. The third-order valence-electron chi connectivity index (χ3n) is 2.03. The van der Waals surface area contributed by atoms with Crippen LogP contribution in [0.2, 0.25) is 5.02 Å². The van der Waals surface area contributed by atoms with Gasteiger partial charge in [-0.3, -0.25) is 0 Å². The molecule has 1 aromatic carbocycles. The Hall–Kier alpha value is -0.290. The molecular weight excluding hydrogens is 281 g/mol. The smallest absolute Gasteiger partial charge is 0.134 e. The molecular formula is C10H13BrClNO2. The van der Waals surface area contributed by atoms with E-state index in [4.69, 9.17) is 16.3 Å². The number of likely N-dealkylation sites (N-methyl/N-ethyl adjacent to an activating group) is 1. The highest BCUT2D eigenvalue weighted by Gasteiger charge is 2.14. The summed E-state index contributed by atoms with van der Waals surface area (Å²) in [5.41, 5.74) is 0.679. The van der Waals surface area contributed by atoms with Crippen molar-refractivity contribution in [2.45, 2.75) is 6.10 Å². The zero-order chi connectivity index (χ0) is 11.4. The van der Waals surface area contributed by atoms with Gasteiger partial charge < -0.3 is 15.2 Å². The zero-order valence-electron chi connectivity index (χ0n) is 8.55. The largest absolute Gasteiger partial charge is 0.496 e. The van der Waals surface area contributed by atoms with E-state index in [1.54, 1.807) is 26.3 Å². The molecule has 1 rings (SSSR count). The van der Waals surface area contributed by atoms with E-state index < -0.39 is 6.10 Å². The van der Waals surface area contributed by atoms with Crippen molar-refractivity contribution in [1.29, 1.82) is 0 Å². The van der Waals surface area contributed by atoms with E-state index in [9.17, 15) is 5.11 Å². The highest BCUT2D eigenvalue weighted by Crippen LogP contribution is 2.33. The lowest BCUT2D eigenvalue weighted by Crippen LogP contribution is -2.17. The number of methoxy groups -OCH3 is 1. The summed E-state index contributed by atoms with van der Waals surface area (Å²) in [5.74, 6) is 0.653. The highest BCUT2D eigenvalue weighted by molar-refractivity contribution is 9.10. The van der Waals surface area contributed by atoms with Gasteiger partial charge in [0.05, 0.1) is 22.7 Å². The molecule has 0 aliphatic rings. The molecule has 2 N–H and O–H groups in total. The third-order valence-corrected chi connectivity index (χ3v) is 2.97. The van der Waals surface area contributed by atoms with Gasteiger partial charge in [-0.15, -0.1) is 0 Å². The quantitative estimate of drug-likeness (QED) is 0.896. The fraction of sp³-hybridized carbons (Fsp3) is 0.400. The number of rotatable bonds is 4. The summed E-state index contributed by atoms with van der Waals surface area (Å²) in [4.78, 5) is 0. The van der Waals surface area contributed by atoms with E-state index >= 15 is 0 Å². The van der Waals surface area contributed by atoms with Crippen LogP contribution in [0.3, 0.4) is 0 Å². The van der Waals surface area contributed by atoms with Gasteiger partial charge >= 0.3 is 0 Å². The van der Waals surface area contributed by atoms with E-state index in [1.807, 2.05) is 0 Å². The number of hydrogen-bond acceptors (Lipinski definition) is 3. The Labute approximate surface area is 103 Å². The minimum absolute atomic E-state index is 0.457. The van der Waals surface area contributed by atoms with Crippen molar-refractivity contribution in [3.63, 3.8) is 0 Å². The van der Waals surface area contributed by atoms with E-state index in [1.165, 1.54) is 0 Å². The van der Waals surface area contributed by atoms with Crippen LogP contribution < -0.4 is 10.1 Å². The van der Waals surface area contributed by atoms with Crippen LogP contribution in [0.25, 0.3) is 0 Å². The van der Waals surface area contributed by atoms with Gasteiger partial charge in [0.25, 0.3) is 0 Å². The second-order valence-electron chi connectivity index (χ2n) is 3.08. The van der Waals surface area contributed by atoms with Crippen LogP contribution >= 0.6 is 27.5 Å². The molecule has 5 heteroatoms. The van der Waals surface area contributed by atoms with Crippen molar-refractivity contribution in [3.8, 4) is 5.75 Å². The molecule has 1 aromatic rings. The van der Waals surface area contributed by atoms with Crippen LogP contribution in [0.15, 0.2) is 16.6 Å². The van der Waals surface area contributed by atoms with Crippen molar-refractivity contribution in [2.75, 3.05) is 20.7 Å². The average molecular weight is 295 g/mol. The molecule has 0 amide bonds. The van der Waals surface area contributed by atoms with Crippen LogP contribution in [0.5, 0.6) is 5.75 Å². The fourth-order valence-electron chi connectivity index (χ4n) is 1.26. The van der Waals surface area contributed by atoms with Gasteiger partial charge in [-0.2, -0.15) is 0 Å². The molecule has 84 valence electrons. The van der Waals surface area contributed by atoms with E-state index in [0.717, 1.165) is 4.47 Å². The number of aliphatic hydroxyl groups is 1. The standard InChI is InChI=1S/C10H13BrClNO2/c1-13-5-9(14)6-3-7(11)10(15-2)4-8(6)12/h3-4,9,13-14H,5H2,1-2H3. The van der Waals surface area contributed by atoms with Crippen molar-refractivity contribution < 1.29 is 9.84 Å². The Morgan fingerprint density at radius 2 is 2.27 bits per heavy atom. The van der Waals surface area contributed by atoms with Crippen LogP contribution in [0, 0.1) is 0 Å². The molecule has 1 unspecified atom stereocenters. The zero-order valence-corrected chi connectivity index (χ0v) is 10.9. The summed E-state index contributed by atoms with van der Waals surface area (Å²) >= 11 is 9.37. The molecule has 1 atom stereocenters. The first kappa shape index (κ1) is 12.8. The number of aliphatic hydroxyl groups excluding tert-OH is 1. The van der Waals surface area contributed by atoms with Gasteiger partial charge in [0.1, 0.15) is 5.75 Å². The molecule has 0 saturated heterocycles. The van der Waals surface area contributed by atoms with Crippen LogP contribution in [0.4, 0.5) is 0 Å². The number of halogens is 2.